The summed E-state index contributed by atoms with van der Waals surface area (Å²) < 4.78 is 0. The van der Waals surface area contributed by atoms with Gasteiger partial charge in [-0.3, -0.25) is 4.79 Å². The van der Waals surface area contributed by atoms with Gasteiger partial charge >= 0.3 is 0 Å². The Bertz CT molecular complexity index is 184. The Kier molecular flexibility index (Phi) is 3.18. The van der Waals surface area contributed by atoms with Crippen LogP contribution in [0.1, 0.15) is 26.7 Å². The minimum absolute atomic E-state index is 0.189. The molecule has 0 aromatic carbocycles. The molecule has 0 saturated carbocycles. The lowest BCUT2D eigenvalue weighted by Gasteiger charge is -2.20. The van der Waals surface area contributed by atoms with Crippen LogP contribution < -0.4 is 0 Å². The van der Waals surface area contributed by atoms with Crippen molar-refractivity contribution in [1.29, 1.82) is 0 Å². The van der Waals surface area contributed by atoms with Crippen molar-refractivity contribution in [2.75, 3.05) is 5.75 Å². The van der Waals surface area contributed by atoms with Crippen LogP contribution in [0.3, 0.4) is 0 Å². The van der Waals surface area contributed by atoms with Crippen molar-refractivity contribution < 1.29 is 4.79 Å². The topological polar surface area (TPSA) is 17.1 Å². The highest BCUT2D eigenvalue weighted by molar-refractivity contribution is 8.00. The molecule has 0 amide bonds. The second-order valence-corrected chi connectivity index (χ2v) is 4.40. The van der Waals surface area contributed by atoms with E-state index in [4.69, 9.17) is 0 Å². The summed E-state index contributed by atoms with van der Waals surface area (Å²) in [6.07, 6.45) is 4.15. The number of carbonyl (C=O) groups excluding carboxylic acids is 1. The van der Waals surface area contributed by atoms with Crippen molar-refractivity contribution >= 4 is 17.5 Å². The van der Waals surface area contributed by atoms with Gasteiger partial charge in [0.05, 0.1) is 0 Å². The maximum absolute atomic E-state index is 10.8. The van der Waals surface area contributed by atoms with Crippen molar-refractivity contribution in [2.45, 2.75) is 31.9 Å². The maximum Gasteiger partial charge on any atom is 0.152 e. The van der Waals surface area contributed by atoms with E-state index < -0.39 is 0 Å². The fraction of sp³-hybridized carbons (Fsp3) is 0.667. The number of carbonyl (C=O) groups is 1. The standard InChI is InChI=1S/C9H14OS/c1-7(10)6-9-4-3-5-11-8(9)2/h6,8H,3-5H2,1-2H3/b9-6-. The normalized spacial score (nSPS) is 28.9. The van der Waals surface area contributed by atoms with Gasteiger partial charge in [0, 0.05) is 5.25 Å². The minimum Gasteiger partial charge on any atom is -0.295 e. The Morgan fingerprint density at radius 1 is 1.73 bits per heavy atom. The quantitative estimate of drug-likeness (QED) is 0.562. The summed E-state index contributed by atoms with van der Waals surface area (Å²) in [5, 5.41) is 0.563. The monoisotopic (exact) mass is 170 g/mol. The Labute approximate surface area is 72.2 Å². The van der Waals surface area contributed by atoms with E-state index in [9.17, 15) is 4.79 Å². The molecule has 0 N–H and O–H groups in total. The van der Waals surface area contributed by atoms with E-state index in [0.717, 1.165) is 6.42 Å². The Morgan fingerprint density at radius 2 is 2.45 bits per heavy atom. The van der Waals surface area contributed by atoms with Gasteiger partial charge in [0.2, 0.25) is 0 Å². The summed E-state index contributed by atoms with van der Waals surface area (Å²) in [5.74, 6) is 1.44. The Balaban J connectivity index is 2.60. The summed E-state index contributed by atoms with van der Waals surface area (Å²) >= 11 is 1.95. The van der Waals surface area contributed by atoms with Crippen LogP contribution in [0.25, 0.3) is 0 Å². The summed E-state index contributed by atoms with van der Waals surface area (Å²) in [4.78, 5) is 10.8. The summed E-state index contributed by atoms with van der Waals surface area (Å²) in [6.45, 7) is 3.80. The van der Waals surface area contributed by atoms with Crippen LogP contribution in [-0.2, 0) is 4.79 Å². The first-order valence-electron chi connectivity index (χ1n) is 4.03. The highest BCUT2D eigenvalue weighted by atomic mass is 32.2. The third-order valence-electron chi connectivity index (χ3n) is 1.89. The molecular weight excluding hydrogens is 156 g/mol. The molecule has 0 bridgehead atoms. The third-order valence-corrected chi connectivity index (χ3v) is 3.22. The molecule has 2 heteroatoms. The van der Waals surface area contributed by atoms with Gasteiger partial charge in [0.25, 0.3) is 0 Å². The highest BCUT2D eigenvalue weighted by Gasteiger charge is 2.14. The van der Waals surface area contributed by atoms with E-state index in [-0.39, 0.29) is 5.78 Å². The van der Waals surface area contributed by atoms with Crippen LogP contribution >= 0.6 is 11.8 Å². The molecular formula is C9H14OS. The largest absolute Gasteiger partial charge is 0.295 e. The molecule has 0 aromatic heterocycles. The Hall–Kier alpha value is -0.240. The maximum atomic E-state index is 10.8. The zero-order valence-corrected chi connectivity index (χ0v) is 7.91. The molecule has 1 unspecified atom stereocenters. The second-order valence-electron chi connectivity index (χ2n) is 2.95. The predicted molar refractivity (Wildman–Crippen MR) is 49.9 cm³/mol. The van der Waals surface area contributed by atoms with Gasteiger partial charge < -0.3 is 0 Å². The molecule has 0 aromatic rings. The van der Waals surface area contributed by atoms with Gasteiger partial charge in [-0.1, -0.05) is 5.57 Å². The molecule has 1 saturated heterocycles. The van der Waals surface area contributed by atoms with Crippen LogP contribution in [0, 0.1) is 0 Å². The van der Waals surface area contributed by atoms with Crippen LogP contribution in [0.15, 0.2) is 11.6 Å². The fourth-order valence-electron chi connectivity index (χ4n) is 1.30. The highest BCUT2D eigenvalue weighted by Crippen LogP contribution is 2.29. The van der Waals surface area contributed by atoms with Gasteiger partial charge in [-0.15, -0.1) is 0 Å². The number of hydrogen-bond donors (Lipinski definition) is 0. The third kappa shape index (κ3) is 2.70. The lowest BCUT2D eigenvalue weighted by atomic mass is 10.1. The average molecular weight is 170 g/mol. The first kappa shape index (κ1) is 8.85. The fourth-order valence-corrected chi connectivity index (χ4v) is 2.36. The van der Waals surface area contributed by atoms with Crippen LogP contribution in [0.5, 0.6) is 0 Å². The molecule has 0 radical (unpaired) electrons. The lowest BCUT2D eigenvalue weighted by molar-refractivity contribution is -0.112. The van der Waals surface area contributed by atoms with Crippen molar-refractivity contribution in [3.8, 4) is 0 Å². The van der Waals surface area contributed by atoms with Crippen LogP contribution in [-0.4, -0.2) is 16.8 Å². The Morgan fingerprint density at radius 3 is 3.00 bits per heavy atom. The van der Waals surface area contributed by atoms with E-state index in [2.05, 4.69) is 6.92 Å². The number of allylic oxidation sites excluding steroid dienone is 1. The molecule has 0 aliphatic carbocycles. The average Bonchev–Trinajstić information content (AvgIpc) is 1.93. The van der Waals surface area contributed by atoms with Gasteiger partial charge in [-0.25, -0.2) is 0 Å². The van der Waals surface area contributed by atoms with E-state index in [1.807, 2.05) is 11.8 Å². The molecule has 1 heterocycles. The van der Waals surface area contributed by atoms with E-state index in [0.29, 0.717) is 5.25 Å². The molecule has 11 heavy (non-hydrogen) atoms. The number of ketones is 1. The van der Waals surface area contributed by atoms with Crippen molar-refractivity contribution in [3.63, 3.8) is 0 Å². The van der Waals surface area contributed by atoms with Crippen LogP contribution in [0.2, 0.25) is 0 Å². The van der Waals surface area contributed by atoms with Gasteiger partial charge in [0.15, 0.2) is 5.78 Å². The van der Waals surface area contributed by atoms with Crippen LogP contribution in [0.4, 0.5) is 0 Å². The number of hydrogen-bond acceptors (Lipinski definition) is 2. The van der Waals surface area contributed by atoms with Gasteiger partial charge in [0.1, 0.15) is 0 Å². The first-order chi connectivity index (χ1) is 5.20. The SMILES string of the molecule is CC(=O)/C=C1/CCCSC1C. The minimum atomic E-state index is 0.189. The van der Waals surface area contributed by atoms with E-state index in [1.54, 1.807) is 13.0 Å². The van der Waals surface area contributed by atoms with E-state index >= 15 is 0 Å². The molecule has 1 nitrogen and oxygen atoms in total. The molecule has 1 atom stereocenters. The van der Waals surface area contributed by atoms with Crippen molar-refractivity contribution in [2.24, 2.45) is 0 Å². The summed E-state index contributed by atoms with van der Waals surface area (Å²) in [6, 6.07) is 0. The molecule has 1 aliphatic heterocycles. The summed E-state index contributed by atoms with van der Waals surface area (Å²) in [7, 11) is 0. The zero-order valence-electron chi connectivity index (χ0n) is 7.09. The summed E-state index contributed by atoms with van der Waals surface area (Å²) in [5.41, 5.74) is 1.33. The first-order valence-corrected chi connectivity index (χ1v) is 5.07. The van der Waals surface area contributed by atoms with Crippen molar-refractivity contribution in [1.82, 2.24) is 0 Å². The smallest absolute Gasteiger partial charge is 0.152 e. The molecule has 1 fully saturated rings. The van der Waals surface area contributed by atoms with Gasteiger partial charge in [-0.2, -0.15) is 11.8 Å². The van der Waals surface area contributed by atoms with Gasteiger partial charge in [-0.05, 0) is 38.5 Å². The molecule has 62 valence electrons. The van der Waals surface area contributed by atoms with Crippen molar-refractivity contribution in [3.05, 3.63) is 11.6 Å². The predicted octanol–water partition coefficient (Wildman–Crippen LogP) is 2.42. The molecule has 1 rings (SSSR count). The van der Waals surface area contributed by atoms with E-state index in [1.165, 1.54) is 17.7 Å². The molecule has 0 spiro atoms. The number of thioether (sulfide) groups is 1. The number of rotatable bonds is 1. The second kappa shape index (κ2) is 3.96. The lowest BCUT2D eigenvalue weighted by Crippen LogP contribution is -2.10. The molecule has 1 aliphatic rings. The zero-order chi connectivity index (χ0) is 8.27.